The molecule has 0 aliphatic heterocycles. The van der Waals surface area contributed by atoms with Gasteiger partial charge in [0, 0.05) is 0 Å². The first-order valence-corrected chi connectivity index (χ1v) is 8.45. The summed E-state index contributed by atoms with van der Waals surface area (Å²) >= 11 is 0. The first-order chi connectivity index (χ1) is 13.0. The molecule has 0 spiro atoms. The number of esters is 1. The number of carbonyl (C=O) groups is 2. The van der Waals surface area contributed by atoms with Crippen LogP contribution in [0.1, 0.15) is 28.9 Å². The van der Waals surface area contributed by atoms with Crippen LogP contribution in [0.25, 0.3) is 0 Å². The van der Waals surface area contributed by atoms with Crippen LogP contribution in [0.2, 0.25) is 0 Å². The van der Waals surface area contributed by atoms with Gasteiger partial charge in [0.25, 0.3) is 5.91 Å². The number of benzene rings is 2. The summed E-state index contributed by atoms with van der Waals surface area (Å²) in [6.45, 7) is 1.76. The molecular formula is C20H23NO6. The Morgan fingerprint density at radius 2 is 1.59 bits per heavy atom. The van der Waals surface area contributed by atoms with Gasteiger partial charge >= 0.3 is 5.97 Å². The van der Waals surface area contributed by atoms with E-state index in [1.54, 1.807) is 55.5 Å². The Kier molecular flexibility index (Phi) is 7.19. The minimum Gasteiger partial charge on any atom is -0.496 e. The molecular weight excluding hydrogens is 350 g/mol. The van der Waals surface area contributed by atoms with Crippen molar-refractivity contribution in [2.75, 3.05) is 20.8 Å². The monoisotopic (exact) mass is 373 g/mol. The molecule has 0 aromatic heterocycles. The number of aliphatic hydroxyl groups excluding tert-OH is 1. The van der Waals surface area contributed by atoms with Crippen LogP contribution in [0, 0.1) is 0 Å². The van der Waals surface area contributed by atoms with Crippen LogP contribution in [0.3, 0.4) is 0 Å². The van der Waals surface area contributed by atoms with Crippen molar-refractivity contribution in [2.45, 2.75) is 19.1 Å². The van der Waals surface area contributed by atoms with Crippen molar-refractivity contribution < 1.29 is 28.9 Å². The Labute approximate surface area is 157 Å². The maximum absolute atomic E-state index is 12.9. The molecule has 27 heavy (non-hydrogen) atoms. The predicted octanol–water partition coefficient (Wildman–Crippen LogP) is 2.10. The smallest absolute Gasteiger partial charge is 0.331 e. The lowest BCUT2D eigenvalue weighted by Crippen LogP contribution is -2.46. The van der Waals surface area contributed by atoms with Crippen molar-refractivity contribution in [1.29, 1.82) is 0 Å². The molecule has 0 saturated heterocycles. The average molecular weight is 373 g/mol. The second-order valence-electron chi connectivity index (χ2n) is 5.60. The normalized spacial score (nSPS) is 12.6. The molecule has 0 aliphatic rings. The van der Waals surface area contributed by atoms with Crippen LogP contribution in [0.4, 0.5) is 0 Å². The van der Waals surface area contributed by atoms with Crippen molar-refractivity contribution in [1.82, 2.24) is 5.32 Å². The third-order valence-corrected chi connectivity index (χ3v) is 3.94. The fraction of sp³-hybridized carbons (Fsp3) is 0.300. The molecule has 2 aromatic rings. The van der Waals surface area contributed by atoms with E-state index in [4.69, 9.17) is 14.2 Å². The van der Waals surface area contributed by atoms with Crippen molar-refractivity contribution in [3.63, 3.8) is 0 Å². The molecule has 7 nitrogen and oxygen atoms in total. The SMILES string of the molecule is CCOC(=O)C(NC(=O)c1c(OC)cccc1OC)C(O)c1ccccc1. The molecule has 2 unspecified atom stereocenters. The third-order valence-electron chi connectivity index (χ3n) is 3.94. The molecule has 0 fully saturated rings. The second kappa shape index (κ2) is 9.59. The number of carbonyl (C=O) groups excluding carboxylic acids is 2. The summed E-state index contributed by atoms with van der Waals surface area (Å²) in [5.41, 5.74) is 0.597. The fourth-order valence-corrected chi connectivity index (χ4v) is 2.63. The molecule has 2 N–H and O–H groups in total. The number of aliphatic hydroxyl groups is 1. The van der Waals surface area contributed by atoms with Crippen molar-refractivity contribution in [3.05, 3.63) is 59.7 Å². The maximum atomic E-state index is 12.9. The summed E-state index contributed by atoms with van der Waals surface area (Å²) < 4.78 is 15.5. The summed E-state index contributed by atoms with van der Waals surface area (Å²) in [5.74, 6) is -0.805. The minimum absolute atomic E-state index is 0.116. The molecule has 2 atom stereocenters. The quantitative estimate of drug-likeness (QED) is 0.688. The Bertz CT molecular complexity index is 755. The van der Waals surface area contributed by atoms with Crippen molar-refractivity contribution in [3.8, 4) is 11.5 Å². The van der Waals surface area contributed by atoms with Gasteiger partial charge in [-0.3, -0.25) is 4.79 Å². The van der Waals surface area contributed by atoms with E-state index in [0.29, 0.717) is 5.56 Å². The van der Waals surface area contributed by atoms with Crippen LogP contribution >= 0.6 is 0 Å². The predicted molar refractivity (Wildman–Crippen MR) is 98.8 cm³/mol. The van der Waals surface area contributed by atoms with E-state index in [1.165, 1.54) is 14.2 Å². The highest BCUT2D eigenvalue weighted by Gasteiger charge is 2.32. The zero-order valence-electron chi connectivity index (χ0n) is 15.5. The Morgan fingerprint density at radius 1 is 1.00 bits per heavy atom. The van der Waals surface area contributed by atoms with E-state index >= 15 is 0 Å². The average Bonchev–Trinajstić information content (AvgIpc) is 2.71. The summed E-state index contributed by atoms with van der Waals surface area (Å²) in [7, 11) is 2.85. The molecule has 1 amide bonds. The first-order valence-electron chi connectivity index (χ1n) is 8.45. The third kappa shape index (κ3) is 4.77. The van der Waals surface area contributed by atoms with Gasteiger partial charge in [0.05, 0.1) is 20.8 Å². The van der Waals surface area contributed by atoms with Gasteiger partial charge in [0.2, 0.25) is 0 Å². The van der Waals surface area contributed by atoms with E-state index < -0.39 is 24.0 Å². The molecule has 0 bridgehead atoms. The number of rotatable bonds is 8. The number of hydrogen-bond donors (Lipinski definition) is 2. The number of hydrogen-bond acceptors (Lipinski definition) is 6. The molecule has 2 aromatic carbocycles. The van der Waals surface area contributed by atoms with Gasteiger partial charge in [-0.25, -0.2) is 4.79 Å². The lowest BCUT2D eigenvalue weighted by Gasteiger charge is -2.23. The summed E-state index contributed by atoms with van der Waals surface area (Å²) in [6, 6.07) is 12.1. The topological polar surface area (TPSA) is 94.1 Å². The lowest BCUT2D eigenvalue weighted by atomic mass is 10.0. The fourth-order valence-electron chi connectivity index (χ4n) is 2.63. The zero-order chi connectivity index (χ0) is 19.8. The van der Waals surface area contributed by atoms with Gasteiger partial charge in [0.15, 0.2) is 6.04 Å². The van der Waals surface area contributed by atoms with Gasteiger partial charge in [-0.15, -0.1) is 0 Å². The summed E-state index contributed by atoms with van der Waals surface area (Å²) in [4.78, 5) is 25.2. The number of nitrogens with one attached hydrogen (secondary N) is 1. The Balaban J connectivity index is 2.36. The minimum atomic E-state index is -1.30. The van der Waals surface area contributed by atoms with E-state index in [-0.39, 0.29) is 23.7 Å². The standard InChI is InChI=1S/C20H23NO6/c1-4-27-20(24)17(18(22)13-9-6-5-7-10-13)21-19(23)16-14(25-2)11-8-12-15(16)26-3/h5-12,17-18,22H,4H2,1-3H3,(H,21,23). The van der Waals surface area contributed by atoms with Crippen LogP contribution in [0.5, 0.6) is 11.5 Å². The molecule has 144 valence electrons. The number of amides is 1. The highest BCUT2D eigenvalue weighted by Crippen LogP contribution is 2.28. The first kappa shape index (κ1) is 20.3. The molecule has 0 radical (unpaired) electrons. The van der Waals surface area contributed by atoms with Crippen molar-refractivity contribution >= 4 is 11.9 Å². The number of methoxy groups -OCH3 is 2. The molecule has 0 heterocycles. The molecule has 0 aliphatic carbocycles. The molecule has 2 rings (SSSR count). The highest BCUT2D eigenvalue weighted by atomic mass is 16.5. The highest BCUT2D eigenvalue weighted by molar-refractivity contribution is 6.01. The number of ether oxygens (including phenoxy) is 3. The summed E-state index contributed by atoms with van der Waals surface area (Å²) in [6.07, 6.45) is -1.28. The molecule has 0 saturated carbocycles. The van der Waals surface area contributed by atoms with Crippen LogP contribution < -0.4 is 14.8 Å². The van der Waals surface area contributed by atoms with Gasteiger partial charge in [0.1, 0.15) is 23.2 Å². The van der Waals surface area contributed by atoms with Gasteiger partial charge in [-0.2, -0.15) is 0 Å². The maximum Gasteiger partial charge on any atom is 0.331 e. The summed E-state index contributed by atoms with van der Waals surface area (Å²) in [5, 5.41) is 13.2. The van der Waals surface area contributed by atoms with E-state index in [1.807, 2.05) is 0 Å². The Hall–Kier alpha value is -3.06. The van der Waals surface area contributed by atoms with Crippen LogP contribution in [0.15, 0.2) is 48.5 Å². The Morgan fingerprint density at radius 3 is 2.11 bits per heavy atom. The molecule has 7 heteroatoms. The van der Waals surface area contributed by atoms with Gasteiger partial charge < -0.3 is 24.6 Å². The van der Waals surface area contributed by atoms with Crippen LogP contribution in [-0.4, -0.2) is 43.9 Å². The van der Waals surface area contributed by atoms with E-state index in [2.05, 4.69) is 5.32 Å². The van der Waals surface area contributed by atoms with Crippen molar-refractivity contribution in [2.24, 2.45) is 0 Å². The van der Waals surface area contributed by atoms with E-state index in [0.717, 1.165) is 0 Å². The lowest BCUT2D eigenvalue weighted by molar-refractivity contribution is -0.148. The van der Waals surface area contributed by atoms with Crippen LogP contribution in [-0.2, 0) is 9.53 Å². The van der Waals surface area contributed by atoms with Gasteiger partial charge in [-0.1, -0.05) is 36.4 Å². The zero-order valence-corrected chi connectivity index (χ0v) is 15.5. The second-order valence-corrected chi connectivity index (χ2v) is 5.60. The van der Waals surface area contributed by atoms with Gasteiger partial charge in [-0.05, 0) is 24.6 Å². The largest absolute Gasteiger partial charge is 0.496 e. The van der Waals surface area contributed by atoms with E-state index in [9.17, 15) is 14.7 Å².